The minimum Gasteiger partial charge on any atom is -0.466 e. The normalized spacial score (nSPS) is 12.0. The van der Waals surface area contributed by atoms with Gasteiger partial charge in [-0.05, 0) is 39.0 Å². The highest BCUT2D eigenvalue weighted by molar-refractivity contribution is 5.95. The number of carbonyl (C=O) groups is 1. The highest BCUT2D eigenvalue weighted by atomic mass is 16.3. The number of furan rings is 1. The van der Waals surface area contributed by atoms with Crippen LogP contribution in [0.25, 0.3) is 0 Å². The number of amides is 1. The van der Waals surface area contributed by atoms with Crippen LogP contribution in [0.15, 0.2) is 28.8 Å². The van der Waals surface area contributed by atoms with E-state index in [2.05, 4.69) is 15.7 Å². The van der Waals surface area contributed by atoms with Crippen LogP contribution in [-0.4, -0.2) is 10.9 Å². The first-order valence-corrected chi connectivity index (χ1v) is 6.31. The minimum absolute atomic E-state index is 0.137. The summed E-state index contributed by atoms with van der Waals surface area (Å²) in [6.07, 6.45) is 1.53. The third-order valence-corrected chi connectivity index (χ3v) is 3.06. The zero-order valence-corrected chi connectivity index (χ0v) is 11.7. The summed E-state index contributed by atoms with van der Waals surface area (Å²) in [6, 6.07) is 5.02. The monoisotopic (exact) mass is 274 g/mol. The number of nitrogens with two attached hydrogens (primary N) is 1. The van der Waals surface area contributed by atoms with Crippen LogP contribution in [0.2, 0.25) is 0 Å². The van der Waals surface area contributed by atoms with Gasteiger partial charge in [-0.1, -0.05) is 0 Å². The van der Waals surface area contributed by atoms with Crippen LogP contribution in [-0.2, 0) is 0 Å². The number of hydrogen-bond donors (Lipinski definition) is 3. The van der Waals surface area contributed by atoms with E-state index in [-0.39, 0.29) is 11.9 Å². The molecule has 0 radical (unpaired) electrons. The predicted molar refractivity (Wildman–Crippen MR) is 76.1 cm³/mol. The Hall–Kier alpha value is -2.34. The van der Waals surface area contributed by atoms with Crippen molar-refractivity contribution in [1.82, 2.24) is 10.3 Å². The van der Waals surface area contributed by atoms with E-state index in [0.29, 0.717) is 11.4 Å². The van der Waals surface area contributed by atoms with Gasteiger partial charge in [0.1, 0.15) is 17.3 Å². The summed E-state index contributed by atoms with van der Waals surface area (Å²) < 4.78 is 5.47. The van der Waals surface area contributed by atoms with Gasteiger partial charge in [-0.25, -0.2) is 10.8 Å². The van der Waals surface area contributed by atoms with Crippen LogP contribution in [0.1, 0.15) is 40.4 Å². The molecule has 1 atom stereocenters. The maximum atomic E-state index is 12.2. The van der Waals surface area contributed by atoms with Crippen molar-refractivity contribution < 1.29 is 9.21 Å². The van der Waals surface area contributed by atoms with Crippen LogP contribution in [0, 0.1) is 13.8 Å². The van der Waals surface area contributed by atoms with Gasteiger partial charge in [0.2, 0.25) is 0 Å². The lowest BCUT2D eigenvalue weighted by Gasteiger charge is -2.13. The second-order valence-corrected chi connectivity index (χ2v) is 4.64. The molecule has 1 amide bonds. The molecule has 0 aliphatic heterocycles. The zero-order valence-electron chi connectivity index (χ0n) is 11.7. The van der Waals surface area contributed by atoms with E-state index in [4.69, 9.17) is 10.3 Å². The topological polar surface area (TPSA) is 93.2 Å². The van der Waals surface area contributed by atoms with Gasteiger partial charge >= 0.3 is 0 Å². The molecule has 2 aromatic rings. The lowest BCUT2D eigenvalue weighted by Crippen LogP contribution is -2.27. The SMILES string of the molecule is Cc1cc(C(C)NC(=O)c2ccnc(NN)c2)c(C)o1. The van der Waals surface area contributed by atoms with E-state index in [1.807, 2.05) is 26.8 Å². The summed E-state index contributed by atoms with van der Waals surface area (Å²) in [7, 11) is 0. The van der Waals surface area contributed by atoms with Crippen molar-refractivity contribution in [1.29, 1.82) is 0 Å². The van der Waals surface area contributed by atoms with Gasteiger partial charge in [-0.15, -0.1) is 0 Å². The van der Waals surface area contributed by atoms with Crippen molar-refractivity contribution in [2.24, 2.45) is 5.84 Å². The molecule has 2 aromatic heterocycles. The summed E-state index contributed by atoms with van der Waals surface area (Å²) in [4.78, 5) is 16.1. The van der Waals surface area contributed by atoms with Crippen molar-refractivity contribution in [3.8, 4) is 0 Å². The molecule has 20 heavy (non-hydrogen) atoms. The number of anilines is 1. The minimum atomic E-state index is -0.186. The van der Waals surface area contributed by atoms with Crippen molar-refractivity contribution in [3.63, 3.8) is 0 Å². The van der Waals surface area contributed by atoms with Gasteiger partial charge in [0, 0.05) is 17.3 Å². The summed E-state index contributed by atoms with van der Waals surface area (Å²) in [5.74, 6) is 7.18. The summed E-state index contributed by atoms with van der Waals surface area (Å²) in [5, 5.41) is 2.92. The van der Waals surface area contributed by atoms with Crippen molar-refractivity contribution in [2.45, 2.75) is 26.8 Å². The Labute approximate surface area is 117 Å². The van der Waals surface area contributed by atoms with E-state index < -0.39 is 0 Å². The van der Waals surface area contributed by atoms with Crippen molar-refractivity contribution >= 4 is 11.7 Å². The number of carbonyl (C=O) groups excluding carboxylic acids is 1. The molecule has 0 fully saturated rings. The molecule has 0 aromatic carbocycles. The van der Waals surface area contributed by atoms with E-state index in [1.165, 1.54) is 6.20 Å². The molecule has 2 heterocycles. The average Bonchev–Trinajstić information content (AvgIpc) is 2.77. The van der Waals surface area contributed by atoms with Crippen LogP contribution in [0.3, 0.4) is 0 Å². The van der Waals surface area contributed by atoms with Crippen LogP contribution in [0.4, 0.5) is 5.82 Å². The third-order valence-electron chi connectivity index (χ3n) is 3.06. The number of nitrogens with zero attached hydrogens (tertiary/aromatic N) is 1. The molecule has 0 aliphatic rings. The molecule has 4 N–H and O–H groups in total. The molecule has 6 nitrogen and oxygen atoms in total. The van der Waals surface area contributed by atoms with E-state index in [0.717, 1.165) is 17.1 Å². The largest absolute Gasteiger partial charge is 0.466 e. The van der Waals surface area contributed by atoms with Crippen molar-refractivity contribution in [3.05, 3.63) is 47.0 Å². The Morgan fingerprint density at radius 3 is 2.75 bits per heavy atom. The fourth-order valence-electron chi connectivity index (χ4n) is 2.09. The first-order valence-electron chi connectivity index (χ1n) is 6.31. The Morgan fingerprint density at radius 2 is 2.15 bits per heavy atom. The first kappa shape index (κ1) is 14.1. The molecular weight excluding hydrogens is 256 g/mol. The van der Waals surface area contributed by atoms with Gasteiger partial charge in [-0.2, -0.15) is 0 Å². The second-order valence-electron chi connectivity index (χ2n) is 4.64. The summed E-state index contributed by atoms with van der Waals surface area (Å²) >= 11 is 0. The first-order chi connectivity index (χ1) is 9.51. The molecule has 1 unspecified atom stereocenters. The third kappa shape index (κ3) is 2.97. The maximum absolute atomic E-state index is 12.2. The number of hydrazine groups is 1. The van der Waals surface area contributed by atoms with Crippen LogP contribution in [0.5, 0.6) is 0 Å². The average molecular weight is 274 g/mol. The Balaban J connectivity index is 2.12. The van der Waals surface area contributed by atoms with E-state index in [1.54, 1.807) is 12.1 Å². The molecule has 2 rings (SSSR count). The molecule has 0 bridgehead atoms. The number of nitrogens with one attached hydrogen (secondary N) is 2. The van der Waals surface area contributed by atoms with Gasteiger partial charge in [-0.3, -0.25) is 4.79 Å². The lowest BCUT2D eigenvalue weighted by molar-refractivity contribution is 0.0939. The number of hydrogen-bond acceptors (Lipinski definition) is 5. The standard InChI is InChI=1S/C14H18N4O2/c1-8-6-12(10(3)20-8)9(2)17-14(19)11-4-5-16-13(7-11)18-15/h4-7,9H,15H2,1-3H3,(H,16,18)(H,17,19). The number of pyridine rings is 1. The van der Waals surface area contributed by atoms with Gasteiger partial charge in [0.05, 0.1) is 6.04 Å². The van der Waals surface area contributed by atoms with Crippen LogP contribution >= 0.6 is 0 Å². The molecule has 0 spiro atoms. The predicted octanol–water partition coefficient (Wildman–Crippen LogP) is 2.07. The smallest absolute Gasteiger partial charge is 0.251 e. The number of nitrogen functional groups attached to an aromatic ring is 1. The fraction of sp³-hybridized carbons (Fsp3) is 0.286. The van der Waals surface area contributed by atoms with Gasteiger partial charge in [0.15, 0.2) is 0 Å². The zero-order chi connectivity index (χ0) is 14.7. The number of rotatable bonds is 4. The number of aryl methyl sites for hydroxylation is 2. The Kier molecular flexibility index (Phi) is 4.05. The Bertz CT molecular complexity index is 621. The number of aromatic nitrogens is 1. The second kappa shape index (κ2) is 5.75. The quantitative estimate of drug-likeness (QED) is 0.586. The maximum Gasteiger partial charge on any atom is 0.251 e. The molecular formula is C14H18N4O2. The molecule has 0 saturated carbocycles. The molecule has 6 heteroatoms. The summed E-state index contributed by atoms with van der Waals surface area (Å²) in [6.45, 7) is 5.68. The highest BCUT2D eigenvalue weighted by Crippen LogP contribution is 2.21. The Morgan fingerprint density at radius 1 is 1.40 bits per heavy atom. The molecule has 0 saturated heterocycles. The van der Waals surface area contributed by atoms with Gasteiger partial charge in [0.25, 0.3) is 5.91 Å². The van der Waals surface area contributed by atoms with Crippen LogP contribution < -0.4 is 16.6 Å². The fourth-order valence-corrected chi connectivity index (χ4v) is 2.09. The van der Waals surface area contributed by atoms with E-state index >= 15 is 0 Å². The molecule has 106 valence electrons. The summed E-state index contributed by atoms with van der Waals surface area (Å²) in [5.41, 5.74) is 3.89. The molecule has 0 aliphatic carbocycles. The lowest BCUT2D eigenvalue weighted by atomic mass is 10.1. The highest BCUT2D eigenvalue weighted by Gasteiger charge is 2.16. The van der Waals surface area contributed by atoms with E-state index in [9.17, 15) is 4.79 Å². The van der Waals surface area contributed by atoms with Gasteiger partial charge < -0.3 is 15.2 Å². The van der Waals surface area contributed by atoms with Crippen molar-refractivity contribution in [2.75, 3.05) is 5.43 Å².